The number of Topliss-reactive ketones (excluding diaryl/α,β-unsaturated/α-hetero) is 1. The maximum Gasteiger partial charge on any atom is 0.266 e. The van der Waals surface area contributed by atoms with Crippen molar-refractivity contribution in [3.05, 3.63) is 89.1 Å². The van der Waals surface area contributed by atoms with Crippen LogP contribution in [0.1, 0.15) is 81.0 Å². The van der Waals surface area contributed by atoms with E-state index in [1.807, 2.05) is 24.3 Å². The Morgan fingerprint density at radius 1 is 0.836 bits per heavy atom. The van der Waals surface area contributed by atoms with Crippen LogP contribution in [0, 0.1) is 0 Å². The summed E-state index contributed by atoms with van der Waals surface area (Å²) in [5.41, 5.74) is 3.69. The summed E-state index contributed by atoms with van der Waals surface area (Å²) in [6.45, 7) is 2.25. The van der Waals surface area contributed by atoms with Crippen LogP contribution in [0.2, 0.25) is 0 Å². The molecule has 1 aromatic carbocycles. The number of carbonyl (C=O) groups excluding carboxylic acids is 6. The van der Waals surface area contributed by atoms with Crippen LogP contribution in [0.5, 0.6) is 5.75 Å². The average Bonchev–Trinajstić information content (AvgIpc) is 4.11. The van der Waals surface area contributed by atoms with Gasteiger partial charge in [0.05, 0.1) is 88.3 Å². The summed E-state index contributed by atoms with van der Waals surface area (Å²) >= 11 is 0. The van der Waals surface area contributed by atoms with E-state index < -0.39 is 48.4 Å². The molecule has 3 aromatic heterocycles. The van der Waals surface area contributed by atoms with Gasteiger partial charge in [0, 0.05) is 72.9 Å². The molecule has 7 rings (SSSR count). The minimum atomic E-state index is -1.30. The molecule has 3 aliphatic rings. The zero-order chi connectivity index (χ0) is 47.0. The van der Waals surface area contributed by atoms with Gasteiger partial charge < -0.3 is 39.1 Å². The maximum atomic E-state index is 14.7. The van der Waals surface area contributed by atoms with Crippen LogP contribution in [0.4, 0.5) is 10.1 Å². The van der Waals surface area contributed by atoms with Crippen molar-refractivity contribution in [2.45, 2.75) is 63.2 Å². The Kier molecular flexibility index (Phi) is 17.7. The van der Waals surface area contributed by atoms with Gasteiger partial charge in [0.25, 0.3) is 17.7 Å². The Morgan fingerprint density at radius 3 is 2.30 bits per heavy atom. The van der Waals surface area contributed by atoms with Crippen molar-refractivity contribution in [1.29, 1.82) is 0 Å². The quantitative estimate of drug-likeness (QED) is 0.0403. The monoisotopic (exact) mass is 927 g/mol. The van der Waals surface area contributed by atoms with E-state index in [2.05, 4.69) is 25.9 Å². The van der Waals surface area contributed by atoms with Gasteiger partial charge in [-0.3, -0.25) is 53.9 Å². The van der Waals surface area contributed by atoms with Gasteiger partial charge in [-0.15, -0.1) is 0 Å². The standard InChI is InChI=1S/C47H54FN7O12/c48-31(5-10-40(56)36-27-51-34(25-38(36)52-32-7-8-32)24-33-6-4-30-26-49-13-12-37(30)53-33)28-66-23-22-65-21-20-64-19-18-63-17-16-62-15-14-50-43(58)29-67-41-3-1-2-35-44(41)47(61)55(46(35)60)39-9-11-42(57)54-45(39)59/h1-4,6,12-13,25-27,31-32,39H,5,7-11,14-24,28-29H2,(H,50,58)(H,51,52)(H,54,57,59). The Morgan fingerprint density at radius 2 is 1.57 bits per heavy atom. The number of imide groups is 2. The summed E-state index contributed by atoms with van der Waals surface area (Å²) in [6.07, 6.45) is 6.42. The lowest BCUT2D eigenvalue weighted by Gasteiger charge is -2.27. The number of fused-ring (bicyclic) bond motifs is 2. The molecule has 2 unspecified atom stereocenters. The van der Waals surface area contributed by atoms with E-state index in [1.165, 1.54) is 18.2 Å². The molecule has 20 heteroatoms. The van der Waals surface area contributed by atoms with E-state index in [9.17, 15) is 33.2 Å². The van der Waals surface area contributed by atoms with Gasteiger partial charge in [-0.2, -0.15) is 0 Å². The molecule has 19 nitrogen and oxygen atoms in total. The van der Waals surface area contributed by atoms with Gasteiger partial charge >= 0.3 is 0 Å². The molecule has 2 atom stereocenters. The highest BCUT2D eigenvalue weighted by Gasteiger charge is 2.46. The van der Waals surface area contributed by atoms with Gasteiger partial charge in [0.15, 0.2) is 12.4 Å². The lowest BCUT2D eigenvalue weighted by Crippen LogP contribution is -2.54. The third-order valence-electron chi connectivity index (χ3n) is 10.9. The van der Waals surface area contributed by atoms with E-state index in [-0.39, 0.29) is 87.9 Å². The summed E-state index contributed by atoms with van der Waals surface area (Å²) in [6, 6.07) is 11.3. The number of amides is 5. The van der Waals surface area contributed by atoms with E-state index in [4.69, 9.17) is 33.4 Å². The predicted molar refractivity (Wildman–Crippen MR) is 237 cm³/mol. The third-order valence-corrected chi connectivity index (χ3v) is 10.9. The normalized spacial score (nSPS) is 16.3. The van der Waals surface area contributed by atoms with Crippen molar-refractivity contribution in [1.82, 2.24) is 30.5 Å². The Balaban J connectivity index is 0.660. The molecule has 0 radical (unpaired) electrons. The fourth-order valence-electron chi connectivity index (χ4n) is 7.33. The van der Waals surface area contributed by atoms with Crippen molar-refractivity contribution in [3.8, 4) is 5.75 Å². The minimum Gasteiger partial charge on any atom is -0.483 e. The first-order valence-corrected chi connectivity index (χ1v) is 22.4. The Labute approximate surface area is 385 Å². The number of hydrogen-bond acceptors (Lipinski definition) is 16. The smallest absolute Gasteiger partial charge is 0.266 e. The number of nitrogens with zero attached hydrogens (tertiary/aromatic N) is 4. The van der Waals surface area contributed by atoms with Crippen LogP contribution in [-0.2, 0) is 44.5 Å². The van der Waals surface area contributed by atoms with Crippen LogP contribution >= 0.6 is 0 Å². The first-order chi connectivity index (χ1) is 32.6. The number of halogens is 1. The molecule has 0 bridgehead atoms. The zero-order valence-corrected chi connectivity index (χ0v) is 37.0. The predicted octanol–water partition coefficient (Wildman–Crippen LogP) is 3.17. The zero-order valence-electron chi connectivity index (χ0n) is 37.0. The number of carbonyl (C=O) groups is 6. The van der Waals surface area contributed by atoms with Crippen LogP contribution < -0.4 is 20.7 Å². The molecule has 67 heavy (non-hydrogen) atoms. The summed E-state index contributed by atoms with van der Waals surface area (Å²) in [5, 5.41) is 9.19. The first-order valence-electron chi connectivity index (χ1n) is 22.4. The lowest BCUT2D eigenvalue weighted by atomic mass is 10.0. The second kappa shape index (κ2) is 24.4. The Bertz CT molecular complexity index is 2400. The minimum absolute atomic E-state index is 0.000153. The average molecular weight is 928 g/mol. The van der Waals surface area contributed by atoms with Crippen LogP contribution in [-0.4, -0.2) is 153 Å². The van der Waals surface area contributed by atoms with Crippen LogP contribution in [0.3, 0.4) is 0 Å². The molecular weight excluding hydrogens is 874 g/mol. The number of piperidine rings is 1. The fraction of sp³-hybridized carbons (Fsp3) is 0.468. The molecule has 3 N–H and O–H groups in total. The summed E-state index contributed by atoms with van der Waals surface area (Å²) < 4.78 is 47.6. The molecule has 2 fully saturated rings. The number of alkyl halides is 1. The molecule has 1 saturated heterocycles. The van der Waals surface area contributed by atoms with Gasteiger partial charge in [-0.1, -0.05) is 6.07 Å². The van der Waals surface area contributed by atoms with E-state index >= 15 is 0 Å². The van der Waals surface area contributed by atoms with Gasteiger partial charge in [0.2, 0.25) is 11.8 Å². The highest BCUT2D eigenvalue weighted by atomic mass is 19.1. The van der Waals surface area contributed by atoms with E-state index in [1.54, 1.807) is 18.6 Å². The summed E-state index contributed by atoms with van der Waals surface area (Å²) in [4.78, 5) is 89.8. The highest BCUT2D eigenvalue weighted by Crippen LogP contribution is 2.34. The first kappa shape index (κ1) is 48.6. The number of anilines is 1. The van der Waals surface area contributed by atoms with Gasteiger partial charge in [-0.05, 0) is 62.1 Å². The molecule has 4 aromatic rings. The number of nitrogens with one attached hydrogen (secondary N) is 3. The molecular formula is C47H54FN7O12. The number of ether oxygens (including phenoxy) is 6. The topological polar surface area (TPSA) is 236 Å². The Hall–Kier alpha value is -6.32. The highest BCUT2D eigenvalue weighted by molar-refractivity contribution is 6.24. The number of benzene rings is 1. The van der Waals surface area contributed by atoms with E-state index in [0.717, 1.165) is 45.7 Å². The molecule has 1 aliphatic carbocycles. The van der Waals surface area contributed by atoms with Gasteiger partial charge in [0.1, 0.15) is 18.0 Å². The largest absolute Gasteiger partial charge is 0.483 e. The maximum absolute atomic E-state index is 14.7. The van der Waals surface area contributed by atoms with Crippen molar-refractivity contribution in [2.75, 3.05) is 84.5 Å². The van der Waals surface area contributed by atoms with Crippen molar-refractivity contribution >= 4 is 51.9 Å². The van der Waals surface area contributed by atoms with Crippen molar-refractivity contribution in [2.24, 2.45) is 0 Å². The molecule has 5 amide bonds. The van der Waals surface area contributed by atoms with Crippen molar-refractivity contribution in [3.63, 3.8) is 0 Å². The van der Waals surface area contributed by atoms with Crippen LogP contribution in [0.25, 0.3) is 10.9 Å². The number of pyridine rings is 3. The molecule has 2 aliphatic heterocycles. The molecule has 356 valence electrons. The molecule has 1 saturated carbocycles. The van der Waals surface area contributed by atoms with Crippen molar-refractivity contribution < 1.29 is 61.6 Å². The molecule has 5 heterocycles. The second-order valence-electron chi connectivity index (χ2n) is 16.0. The number of hydrogen-bond donors (Lipinski definition) is 3. The number of ketones is 1. The van der Waals surface area contributed by atoms with E-state index in [0.29, 0.717) is 51.1 Å². The molecule has 0 spiro atoms. The lowest BCUT2D eigenvalue weighted by molar-refractivity contribution is -0.136. The summed E-state index contributed by atoms with van der Waals surface area (Å²) in [7, 11) is 0. The summed E-state index contributed by atoms with van der Waals surface area (Å²) in [5.74, 6) is -3.21. The third kappa shape index (κ3) is 14.1. The number of rotatable bonds is 29. The fourth-order valence-corrected chi connectivity index (χ4v) is 7.33. The number of aromatic nitrogens is 3. The van der Waals surface area contributed by atoms with Crippen LogP contribution in [0.15, 0.2) is 61.1 Å². The second-order valence-corrected chi connectivity index (χ2v) is 16.0. The SMILES string of the molecule is O=C(COc1cccc2c1C(=O)N(C1CCC(=O)NC1=O)C2=O)NCCOCCOCCOCCOCCOCC(F)CCC(=O)c1cnc(Cc2ccc3cnccc3n2)cc1NC1CC1. The van der Waals surface area contributed by atoms with Gasteiger partial charge in [-0.25, -0.2) is 4.39 Å².